The standard InChI is InChI=1S/C14H12FNO3/c15-13-5-11(3-1-2-4-17)6-14(7-13)18-9-12-8-16-19-10-12/h5-8,10,17H,2,4,9H2. The molecule has 0 fully saturated rings. The molecule has 0 bridgehead atoms. The van der Waals surface area contributed by atoms with Crippen LogP contribution in [-0.2, 0) is 6.61 Å². The van der Waals surface area contributed by atoms with Gasteiger partial charge in [0.15, 0.2) is 0 Å². The minimum atomic E-state index is -0.420. The summed E-state index contributed by atoms with van der Waals surface area (Å²) in [5.41, 5.74) is 1.27. The monoisotopic (exact) mass is 261 g/mol. The lowest BCUT2D eigenvalue weighted by Crippen LogP contribution is -1.95. The summed E-state index contributed by atoms with van der Waals surface area (Å²) in [6, 6.07) is 4.24. The van der Waals surface area contributed by atoms with Crippen molar-refractivity contribution < 1.29 is 18.8 Å². The van der Waals surface area contributed by atoms with Crippen molar-refractivity contribution in [2.75, 3.05) is 6.61 Å². The van der Waals surface area contributed by atoms with Gasteiger partial charge in [0, 0.05) is 23.6 Å². The molecule has 2 aromatic rings. The number of benzene rings is 1. The van der Waals surface area contributed by atoms with Crippen LogP contribution in [0.2, 0.25) is 0 Å². The van der Waals surface area contributed by atoms with Gasteiger partial charge in [-0.05, 0) is 12.1 Å². The summed E-state index contributed by atoms with van der Waals surface area (Å²) in [5.74, 6) is 5.45. The molecule has 0 saturated carbocycles. The summed E-state index contributed by atoms with van der Waals surface area (Å²) in [6.45, 7) is 0.232. The van der Waals surface area contributed by atoms with Crippen LogP contribution in [0, 0.1) is 17.7 Å². The molecule has 5 heteroatoms. The van der Waals surface area contributed by atoms with Gasteiger partial charge in [-0.2, -0.15) is 0 Å². The molecule has 2 rings (SSSR count). The lowest BCUT2D eigenvalue weighted by atomic mass is 10.2. The van der Waals surface area contributed by atoms with E-state index in [2.05, 4.69) is 21.5 Å². The summed E-state index contributed by atoms with van der Waals surface area (Å²) in [5, 5.41) is 12.2. The van der Waals surface area contributed by atoms with E-state index in [1.165, 1.54) is 24.6 Å². The second kappa shape index (κ2) is 6.57. The summed E-state index contributed by atoms with van der Waals surface area (Å²) in [4.78, 5) is 0. The third-order valence-corrected chi connectivity index (χ3v) is 2.23. The second-order valence-electron chi connectivity index (χ2n) is 3.77. The van der Waals surface area contributed by atoms with E-state index in [0.717, 1.165) is 5.56 Å². The molecule has 0 radical (unpaired) electrons. The maximum Gasteiger partial charge on any atom is 0.130 e. The molecular formula is C14H12FNO3. The molecule has 19 heavy (non-hydrogen) atoms. The normalized spacial score (nSPS) is 9.79. The van der Waals surface area contributed by atoms with E-state index in [4.69, 9.17) is 9.84 Å². The fraction of sp³-hybridized carbons (Fsp3) is 0.214. The highest BCUT2D eigenvalue weighted by Gasteiger charge is 2.02. The second-order valence-corrected chi connectivity index (χ2v) is 3.77. The number of aliphatic hydroxyl groups excluding tert-OH is 1. The Labute approximate surface area is 109 Å². The molecule has 0 aliphatic heterocycles. The predicted octanol–water partition coefficient (Wildman–Crippen LogP) is 2.13. The maximum atomic E-state index is 13.4. The van der Waals surface area contributed by atoms with Gasteiger partial charge in [0.25, 0.3) is 0 Å². The maximum absolute atomic E-state index is 13.4. The summed E-state index contributed by atoms with van der Waals surface area (Å²) in [6.07, 6.45) is 3.34. The molecule has 0 aliphatic carbocycles. The Kier molecular flexibility index (Phi) is 4.54. The predicted molar refractivity (Wildman–Crippen MR) is 65.8 cm³/mol. The first-order valence-electron chi connectivity index (χ1n) is 5.69. The number of aromatic nitrogens is 1. The highest BCUT2D eigenvalue weighted by atomic mass is 19.1. The SMILES string of the molecule is OCCC#Cc1cc(F)cc(OCc2cnoc2)c1. The van der Waals surface area contributed by atoms with E-state index in [0.29, 0.717) is 17.7 Å². The first-order valence-corrected chi connectivity index (χ1v) is 5.69. The molecule has 1 aromatic carbocycles. The third-order valence-electron chi connectivity index (χ3n) is 2.23. The molecule has 0 aliphatic rings. The van der Waals surface area contributed by atoms with Gasteiger partial charge >= 0.3 is 0 Å². The Balaban J connectivity index is 2.06. The topological polar surface area (TPSA) is 55.5 Å². The van der Waals surface area contributed by atoms with E-state index in [-0.39, 0.29) is 13.2 Å². The zero-order valence-corrected chi connectivity index (χ0v) is 10.1. The first kappa shape index (κ1) is 13.1. The first-order chi connectivity index (χ1) is 9.28. The molecule has 1 N–H and O–H groups in total. The highest BCUT2D eigenvalue weighted by Crippen LogP contribution is 2.17. The third kappa shape index (κ3) is 4.12. The largest absolute Gasteiger partial charge is 0.489 e. The van der Waals surface area contributed by atoms with Crippen molar-refractivity contribution in [3.8, 4) is 17.6 Å². The zero-order chi connectivity index (χ0) is 13.5. The average Bonchev–Trinajstić information content (AvgIpc) is 2.89. The summed E-state index contributed by atoms with van der Waals surface area (Å²) in [7, 11) is 0. The minimum absolute atomic E-state index is 0.0147. The van der Waals surface area contributed by atoms with Gasteiger partial charge in [-0.25, -0.2) is 4.39 Å². The number of nitrogens with zero attached hydrogens (tertiary/aromatic N) is 1. The van der Waals surface area contributed by atoms with Gasteiger partial charge in [-0.3, -0.25) is 0 Å². The van der Waals surface area contributed by atoms with Crippen LogP contribution in [0.5, 0.6) is 5.75 Å². The minimum Gasteiger partial charge on any atom is -0.489 e. The van der Waals surface area contributed by atoms with Crippen molar-refractivity contribution >= 4 is 0 Å². The number of hydrogen-bond acceptors (Lipinski definition) is 4. The summed E-state index contributed by atoms with van der Waals surface area (Å²) < 4.78 is 23.5. The number of aliphatic hydroxyl groups is 1. The van der Waals surface area contributed by atoms with Crippen molar-refractivity contribution in [1.82, 2.24) is 5.16 Å². The summed E-state index contributed by atoms with van der Waals surface area (Å²) >= 11 is 0. The van der Waals surface area contributed by atoms with E-state index >= 15 is 0 Å². The molecule has 0 atom stereocenters. The van der Waals surface area contributed by atoms with Crippen LogP contribution in [-0.4, -0.2) is 16.9 Å². The fourth-order valence-electron chi connectivity index (χ4n) is 1.40. The molecule has 0 spiro atoms. The van der Waals surface area contributed by atoms with Crippen LogP contribution in [0.15, 0.2) is 35.2 Å². The van der Waals surface area contributed by atoms with Crippen molar-refractivity contribution in [3.63, 3.8) is 0 Å². The van der Waals surface area contributed by atoms with Crippen LogP contribution >= 0.6 is 0 Å². The Morgan fingerprint density at radius 3 is 3.00 bits per heavy atom. The molecule has 4 nitrogen and oxygen atoms in total. The van der Waals surface area contributed by atoms with Crippen molar-refractivity contribution in [2.24, 2.45) is 0 Å². The quantitative estimate of drug-likeness (QED) is 0.856. The van der Waals surface area contributed by atoms with Crippen LogP contribution in [0.1, 0.15) is 17.5 Å². The van der Waals surface area contributed by atoms with Gasteiger partial charge < -0.3 is 14.4 Å². The Morgan fingerprint density at radius 1 is 1.37 bits per heavy atom. The van der Waals surface area contributed by atoms with E-state index in [9.17, 15) is 4.39 Å². The number of halogens is 1. The van der Waals surface area contributed by atoms with Gasteiger partial charge in [0.2, 0.25) is 0 Å². The molecule has 1 heterocycles. The number of ether oxygens (including phenoxy) is 1. The number of rotatable bonds is 4. The van der Waals surface area contributed by atoms with Crippen LogP contribution in [0.25, 0.3) is 0 Å². The van der Waals surface area contributed by atoms with Gasteiger partial charge in [0.1, 0.15) is 24.4 Å². The van der Waals surface area contributed by atoms with E-state index in [1.807, 2.05) is 0 Å². The lowest BCUT2D eigenvalue weighted by Gasteiger charge is -2.05. The van der Waals surface area contributed by atoms with Crippen molar-refractivity contribution in [1.29, 1.82) is 0 Å². The van der Waals surface area contributed by atoms with Gasteiger partial charge in [0.05, 0.1) is 12.8 Å². The molecule has 1 aromatic heterocycles. The molecule has 98 valence electrons. The fourth-order valence-corrected chi connectivity index (χ4v) is 1.40. The molecule has 0 saturated heterocycles. The Morgan fingerprint density at radius 2 is 2.26 bits per heavy atom. The van der Waals surface area contributed by atoms with Crippen LogP contribution in [0.4, 0.5) is 4.39 Å². The van der Waals surface area contributed by atoms with E-state index < -0.39 is 5.82 Å². The average molecular weight is 261 g/mol. The highest BCUT2D eigenvalue weighted by molar-refractivity contribution is 5.40. The Bertz CT molecular complexity index is 584. The van der Waals surface area contributed by atoms with Crippen molar-refractivity contribution in [2.45, 2.75) is 13.0 Å². The number of hydrogen-bond donors (Lipinski definition) is 1. The zero-order valence-electron chi connectivity index (χ0n) is 10.1. The van der Waals surface area contributed by atoms with Crippen molar-refractivity contribution in [3.05, 3.63) is 47.6 Å². The molecular weight excluding hydrogens is 249 g/mol. The lowest BCUT2D eigenvalue weighted by molar-refractivity contribution is 0.302. The van der Waals surface area contributed by atoms with Crippen LogP contribution in [0.3, 0.4) is 0 Å². The smallest absolute Gasteiger partial charge is 0.130 e. The van der Waals surface area contributed by atoms with E-state index in [1.54, 1.807) is 6.07 Å². The molecule has 0 amide bonds. The van der Waals surface area contributed by atoms with Gasteiger partial charge in [-0.15, -0.1) is 0 Å². The van der Waals surface area contributed by atoms with Gasteiger partial charge in [-0.1, -0.05) is 17.0 Å². The van der Waals surface area contributed by atoms with Crippen LogP contribution < -0.4 is 4.74 Å². The Hall–Kier alpha value is -2.32. The molecule has 0 unspecified atom stereocenters.